The molecule has 0 bridgehead atoms. The van der Waals surface area contributed by atoms with Crippen LogP contribution in [0.1, 0.15) is 5.56 Å². The van der Waals surface area contributed by atoms with Gasteiger partial charge in [0.1, 0.15) is 48.5 Å². The van der Waals surface area contributed by atoms with Gasteiger partial charge in [0.2, 0.25) is 6.29 Å². The Kier molecular flexibility index (Phi) is 8.72. The Morgan fingerprint density at radius 3 is 2.39 bits per heavy atom. The first kappa shape index (κ1) is 28.4. The highest BCUT2D eigenvalue weighted by Crippen LogP contribution is 2.47. The van der Waals surface area contributed by atoms with Crippen molar-refractivity contribution in [1.82, 2.24) is 0 Å². The summed E-state index contributed by atoms with van der Waals surface area (Å²) in [5, 5.41) is 72.5. The van der Waals surface area contributed by atoms with E-state index in [1.165, 1.54) is 25.5 Å². The number of aliphatic hydroxyl groups is 7. The van der Waals surface area contributed by atoms with E-state index in [0.717, 1.165) is 6.08 Å². The van der Waals surface area contributed by atoms with Crippen LogP contribution in [0.2, 0.25) is 0 Å². The first-order valence-electron chi connectivity index (χ1n) is 12.0. The van der Waals surface area contributed by atoms with Crippen molar-refractivity contribution < 1.29 is 64.2 Å². The molecule has 0 aromatic heterocycles. The molecule has 210 valence electrons. The molecule has 1 saturated heterocycles. The van der Waals surface area contributed by atoms with Gasteiger partial charge in [-0.1, -0.05) is 12.1 Å². The predicted molar refractivity (Wildman–Crippen MR) is 126 cm³/mol. The minimum Gasteiger partial charge on any atom is -0.497 e. The lowest BCUT2D eigenvalue weighted by molar-refractivity contribution is -0.348. The van der Waals surface area contributed by atoms with E-state index >= 15 is 0 Å². The zero-order valence-electron chi connectivity index (χ0n) is 20.4. The first-order chi connectivity index (χ1) is 18.1. The summed E-state index contributed by atoms with van der Waals surface area (Å²) < 4.78 is 26.7. The summed E-state index contributed by atoms with van der Waals surface area (Å²) in [6, 6.07) is 6.83. The highest BCUT2D eigenvalue weighted by molar-refractivity contribution is 5.87. The first-order valence-corrected chi connectivity index (χ1v) is 12.0. The van der Waals surface area contributed by atoms with Crippen molar-refractivity contribution in [2.75, 3.05) is 20.3 Å². The Morgan fingerprint density at radius 2 is 1.74 bits per heavy atom. The number of methoxy groups -OCH3 is 1. The van der Waals surface area contributed by atoms with Gasteiger partial charge in [0.05, 0.1) is 32.0 Å². The van der Waals surface area contributed by atoms with Crippen LogP contribution in [0.4, 0.5) is 0 Å². The molecule has 38 heavy (non-hydrogen) atoms. The normalized spacial score (nSPS) is 40.5. The topological polar surface area (TPSA) is 205 Å². The van der Waals surface area contributed by atoms with Crippen LogP contribution < -0.4 is 4.74 Å². The van der Waals surface area contributed by atoms with Crippen molar-refractivity contribution in [3.63, 3.8) is 0 Å². The molecule has 3 aliphatic rings. The third-order valence-electron chi connectivity index (χ3n) is 7.12. The van der Waals surface area contributed by atoms with E-state index in [0.29, 0.717) is 11.3 Å². The van der Waals surface area contributed by atoms with Crippen LogP contribution >= 0.6 is 0 Å². The molecule has 0 radical (unpaired) electrons. The maximum atomic E-state index is 12.4. The summed E-state index contributed by atoms with van der Waals surface area (Å²) in [5.41, 5.74) is -1.58. The third kappa shape index (κ3) is 5.43. The molecule has 7 N–H and O–H groups in total. The fourth-order valence-electron chi connectivity index (χ4n) is 4.92. The van der Waals surface area contributed by atoms with E-state index in [1.807, 2.05) is 0 Å². The van der Waals surface area contributed by atoms with Crippen molar-refractivity contribution in [3.05, 3.63) is 48.2 Å². The van der Waals surface area contributed by atoms with Crippen LogP contribution in [0.3, 0.4) is 0 Å². The quantitative estimate of drug-likeness (QED) is 0.136. The summed E-state index contributed by atoms with van der Waals surface area (Å²) in [6.45, 7) is -1.44. The average Bonchev–Trinajstić information content (AvgIpc) is 3.13. The second kappa shape index (κ2) is 11.7. The number of carbonyl (C=O) groups is 1. The SMILES string of the molecule is COc1ccc(/C=C\C(=O)OC[C@]2(O)[C@H]3[C@H](O[C@@H]4O[C@H](CO)[C@@H](O)[C@H](O)[C@H]4O)OC=C[C@H]3[C@H](O)[C@@H]2O)cc1. The summed E-state index contributed by atoms with van der Waals surface area (Å²) in [4.78, 5) is 12.4. The molecule has 0 amide bonds. The number of hydrogen-bond acceptors (Lipinski definition) is 13. The molecule has 11 atom stereocenters. The number of carbonyl (C=O) groups excluding carboxylic acids is 1. The minimum atomic E-state index is -2.25. The van der Waals surface area contributed by atoms with Crippen molar-refractivity contribution in [2.45, 2.75) is 54.8 Å². The molecule has 2 fully saturated rings. The highest BCUT2D eigenvalue weighted by atomic mass is 16.8. The molecule has 4 rings (SSSR count). The van der Waals surface area contributed by atoms with Gasteiger partial charge in [-0.15, -0.1) is 0 Å². The molecular weight excluding hydrogens is 508 g/mol. The van der Waals surface area contributed by atoms with Crippen molar-refractivity contribution in [1.29, 1.82) is 0 Å². The van der Waals surface area contributed by atoms with Crippen molar-refractivity contribution in [3.8, 4) is 5.75 Å². The maximum absolute atomic E-state index is 12.4. The highest BCUT2D eigenvalue weighted by Gasteiger charge is 2.64. The zero-order valence-corrected chi connectivity index (χ0v) is 20.4. The molecule has 0 unspecified atom stereocenters. The number of aliphatic hydroxyl groups excluding tert-OH is 6. The second-order valence-electron chi connectivity index (χ2n) is 9.41. The van der Waals surface area contributed by atoms with Gasteiger partial charge in [0.15, 0.2) is 6.29 Å². The Hall–Kier alpha value is -2.59. The Morgan fingerprint density at radius 1 is 1.03 bits per heavy atom. The second-order valence-corrected chi connectivity index (χ2v) is 9.41. The number of benzene rings is 1. The fourth-order valence-corrected chi connectivity index (χ4v) is 4.92. The summed E-state index contributed by atoms with van der Waals surface area (Å²) in [6.07, 6.45) is -7.53. The van der Waals surface area contributed by atoms with E-state index < -0.39 is 85.8 Å². The van der Waals surface area contributed by atoms with Crippen LogP contribution in [-0.2, 0) is 23.7 Å². The van der Waals surface area contributed by atoms with E-state index in [2.05, 4.69) is 0 Å². The maximum Gasteiger partial charge on any atom is 0.330 e. The average molecular weight is 541 g/mol. The lowest BCUT2D eigenvalue weighted by Crippen LogP contribution is -2.61. The Labute approximate surface area is 217 Å². The smallest absolute Gasteiger partial charge is 0.330 e. The zero-order chi connectivity index (χ0) is 27.6. The van der Waals surface area contributed by atoms with Gasteiger partial charge in [0.25, 0.3) is 0 Å². The summed E-state index contributed by atoms with van der Waals surface area (Å²) >= 11 is 0. The number of rotatable bonds is 8. The third-order valence-corrected chi connectivity index (χ3v) is 7.12. The number of ether oxygens (including phenoxy) is 5. The lowest BCUT2D eigenvalue weighted by atomic mass is 9.83. The molecule has 13 nitrogen and oxygen atoms in total. The van der Waals surface area contributed by atoms with Crippen LogP contribution in [0.5, 0.6) is 5.75 Å². The lowest BCUT2D eigenvalue weighted by Gasteiger charge is -2.44. The number of esters is 1. The Bertz CT molecular complexity index is 1010. The van der Waals surface area contributed by atoms with Crippen LogP contribution in [-0.4, -0.2) is 117 Å². The summed E-state index contributed by atoms with van der Waals surface area (Å²) in [7, 11) is 1.53. The molecule has 1 aromatic carbocycles. The van der Waals surface area contributed by atoms with Crippen LogP contribution in [0.15, 0.2) is 42.7 Å². The van der Waals surface area contributed by atoms with E-state index in [-0.39, 0.29) is 0 Å². The van der Waals surface area contributed by atoms with Gasteiger partial charge in [-0.2, -0.15) is 0 Å². The molecule has 1 aromatic rings. The largest absolute Gasteiger partial charge is 0.497 e. The van der Waals surface area contributed by atoms with E-state index in [4.69, 9.17) is 23.7 Å². The number of fused-ring (bicyclic) bond motifs is 1. The Balaban J connectivity index is 1.47. The molecular formula is C25H32O13. The van der Waals surface area contributed by atoms with Gasteiger partial charge < -0.3 is 59.4 Å². The minimum absolute atomic E-state index is 0.638. The standard InChI is InChI=1S/C25H32O13/c1-34-13-5-2-12(3-6-13)4-7-16(27)36-11-25(33)17-14(18(28)22(25)32)8-9-35-23(17)38-24-21(31)20(30)19(29)15(10-26)37-24/h2-9,14-15,17-24,26,28-33H,10-11H2,1H3/b7-4-/t14-,15-,17-,18+,19-,20+,21-,22+,23+,24+,25+/m1/s1. The monoisotopic (exact) mass is 540 g/mol. The van der Waals surface area contributed by atoms with Crippen molar-refractivity contribution >= 4 is 12.0 Å². The number of hydrogen-bond donors (Lipinski definition) is 7. The molecule has 13 heteroatoms. The van der Waals surface area contributed by atoms with Gasteiger partial charge in [0, 0.05) is 12.0 Å². The fraction of sp³-hybridized carbons (Fsp3) is 0.560. The van der Waals surface area contributed by atoms with Crippen LogP contribution in [0.25, 0.3) is 6.08 Å². The van der Waals surface area contributed by atoms with Gasteiger partial charge in [-0.3, -0.25) is 0 Å². The van der Waals surface area contributed by atoms with E-state index in [9.17, 15) is 40.5 Å². The van der Waals surface area contributed by atoms with E-state index in [1.54, 1.807) is 24.3 Å². The molecule has 2 heterocycles. The van der Waals surface area contributed by atoms with Crippen molar-refractivity contribution in [2.24, 2.45) is 11.8 Å². The molecule has 1 aliphatic carbocycles. The summed E-state index contributed by atoms with van der Waals surface area (Å²) in [5.74, 6) is -2.33. The van der Waals surface area contributed by atoms with Gasteiger partial charge >= 0.3 is 5.97 Å². The predicted octanol–water partition coefficient (Wildman–Crippen LogP) is -2.36. The molecule has 2 aliphatic heterocycles. The van der Waals surface area contributed by atoms with Crippen LogP contribution in [0, 0.1) is 11.8 Å². The van der Waals surface area contributed by atoms with Gasteiger partial charge in [-0.05, 0) is 29.8 Å². The molecule has 1 saturated carbocycles. The van der Waals surface area contributed by atoms with Gasteiger partial charge in [-0.25, -0.2) is 4.79 Å². The molecule has 0 spiro atoms.